The van der Waals surface area contributed by atoms with Gasteiger partial charge in [0.1, 0.15) is 0 Å². The van der Waals surface area contributed by atoms with Crippen molar-refractivity contribution in [1.82, 2.24) is 4.98 Å². The minimum absolute atomic E-state index is 0.926. The first-order valence-corrected chi connectivity index (χ1v) is 1.74. The van der Waals surface area contributed by atoms with Crippen LogP contribution in [0.4, 0.5) is 0 Å². The molecule has 0 fully saturated rings. The Bertz CT molecular complexity index is 114. The number of nitrogens with zero attached hydrogens (tertiary/aromatic N) is 1. The second kappa shape index (κ2) is 1.50. The summed E-state index contributed by atoms with van der Waals surface area (Å²) in [6, 6.07) is 0. The van der Waals surface area contributed by atoms with Crippen LogP contribution in [0.3, 0.4) is 0 Å². The summed E-state index contributed by atoms with van der Waals surface area (Å²) < 4.78 is 5.53. The van der Waals surface area contributed by atoms with Crippen LogP contribution >= 0.6 is 0 Å². The monoisotopic (exact) mass is 75.0 g/mol. The average Bonchev–Trinajstić information content (AvgIpc) is 1.86. The molecule has 6 heavy (non-hydrogen) atoms. The summed E-state index contributed by atoms with van der Waals surface area (Å²) in [4.78, 5) is 3.75. The molecule has 0 unspecified atom stereocenters. The molecule has 0 saturated carbocycles. The van der Waals surface area contributed by atoms with E-state index in [0.717, 1.165) is 4.37 Å². The maximum absolute atomic E-state index is 4.60. The van der Waals surface area contributed by atoms with Gasteiger partial charge in [0, 0.05) is 0 Å². The second-order valence-corrected chi connectivity index (χ2v) is 1.13. The van der Waals surface area contributed by atoms with E-state index in [9.17, 15) is 0 Å². The van der Waals surface area contributed by atoms with Crippen LogP contribution in [-0.4, -0.2) is 22.7 Å². The Labute approximate surface area is 44.8 Å². The van der Waals surface area contributed by atoms with Crippen LogP contribution < -0.4 is 4.37 Å². The second-order valence-electron chi connectivity index (χ2n) is 1.13. The van der Waals surface area contributed by atoms with Crippen molar-refractivity contribution >= 4 is 22.1 Å². The third kappa shape index (κ3) is 0.648. The van der Waals surface area contributed by atoms with Crippen molar-refractivity contribution in [2.24, 2.45) is 0 Å². The van der Waals surface area contributed by atoms with E-state index in [2.05, 4.69) is 9.40 Å². The Kier molecular flexibility index (Phi) is 0.997. The Morgan fingerprint density at radius 3 is 2.83 bits per heavy atom. The van der Waals surface area contributed by atoms with Crippen LogP contribution in [0.5, 0.6) is 0 Å². The van der Waals surface area contributed by atoms with Gasteiger partial charge in [-0.1, -0.05) is 0 Å². The third-order valence-corrected chi connectivity index (χ3v) is 0.556. The summed E-state index contributed by atoms with van der Waals surface area (Å²) in [6.45, 7) is 0. The molecule has 0 aliphatic rings. The maximum atomic E-state index is 4.60. The zero-order valence-corrected chi connectivity index (χ0v) is 3.51. The van der Waals surface area contributed by atoms with Gasteiger partial charge in [0.25, 0.3) is 0 Å². The molecule has 1 aromatic heterocycles. The van der Waals surface area contributed by atoms with E-state index in [-0.39, 0.29) is 0 Å². The summed E-state index contributed by atoms with van der Waals surface area (Å²) in [5.41, 5.74) is 0. The van der Waals surface area contributed by atoms with Crippen LogP contribution in [0, 0.1) is 0 Å². The normalized spacial score (nSPS) is 9.00. The van der Waals surface area contributed by atoms with Gasteiger partial charge in [-0.3, -0.25) is 0 Å². The van der Waals surface area contributed by atoms with Gasteiger partial charge in [-0.2, -0.15) is 0 Å². The molecule has 0 radical (unpaired) electrons. The van der Waals surface area contributed by atoms with E-state index in [1.54, 1.807) is 6.26 Å². The summed E-state index contributed by atoms with van der Waals surface area (Å²) in [5.74, 6) is 0. The molecule has 26 valence electrons. The van der Waals surface area contributed by atoms with Gasteiger partial charge in [0.2, 0.25) is 0 Å². The zero-order chi connectivity index (χ0) is 4.41. The van der Waals surface area contributed by atoms with Gasteiger partial charge >= 0.3 is 44.1 Å². The number of hydrogen-bond donors (Lipinski definition) is 0. The van der Waals surface area contributed by atoms with E-state index in [0.29, 0.717) is 0 Å². The van der Waals surface area contributed by atoms with Gasteiger partial charge in [-0.05, 0) is 0 Å². The fourth-order valence-corrected chi connectivity index (χ4v) is 0.273. The number of aromatic nitrogens is 1. The molecule has 0 saturated heterocycles. The van der Waals surface area contributed by atoms with Crippen LogP contribution in [0.1, 0.15) is 0 Å². The molecular weight excluding hydrogens is 73.0 g/mol. The van der Waals surface area contributed by atoms with E-state index in [1.807, 2.05) is 17.7 Å². The molecule has 1 aromatic rings. The van der Waals surface area contributed by atoms with Crippen LogP contribution in [0.25, 0.3) is 0 Å². The third-order valence-electron chi connectivity index (χ3n) is 0.556. The first-order valence-electron chi connectivity index (χ1n) is 1.74. The van der Waals surface area contributed by atoms with Crippen molar-refractivity contribution < 1.29 is 4.42 Å². The van der Waals surface area contributed by atoms with Gasteiger partial charge in [-0.15, -0.1) is 0 Å². The molecule has 0 bridgehead atoms. The fraction of sp³-hybridized carbons (Fsp3) is 0. The molecule has 1 rings (SSSR count). The molecule has 0 aliphatic carbocycles. The van der Waals surface area contributed by atoms with Crippen molar-refractivity contribution in [1.29, 1.82) is 0 Å². The van der Waals surface area contributed by atoms with Gasteiger partial charge in [0.15, 0.2) is 0 Å². The van der Waals surface area contributed by atoms with E-state index < -0.39 is 0 Å². The molecule has 0 spiro atoms. The van der Waals surface area contributed by atoms with Crippen LogP contribution in [0.15, 0.2) is 17.1 Å². The molecule has 2 nitrogen and oxygen atoms in total. The first-order chi connectivity index (χ1) is 2.89. The summed E-state index contributed by atoms with van der Waals surface area (Å²) in [7, 11) is 0. The van der Waals surface area contributed by atoms with Crippen molar-refractivity contribution in [3.8, 4) is 0 Å². The topological polar surface area (TPSA) is 26.0 Å². The molecule has 1 heterocycles. The molecule has 0 aromatic carbocycles. The fourth-order valence-electron chi connectivity index (χ4n) is 0.273. The first kappa shape index (κ1) is 3.98. The van der Waals surface area contributed by atoms with E-state index in [1.165, 1.54) is 6.39 Å². The molecule has 0 aliphatic heterocycles. The number of oxazole rings is 1. The SMILES string of the molecule is [Li][c]1cocn1. The van der Waals surface area contributed by atoms with Crippen LogP contribution in [0.2, 0.25) is 0 Å². The zero-order valence-electron chi connectivity index (χ0n) is 3.51. The van der Waals surface area contributed by atoms with Crippen molar-refractivity contribution in [3.05, 3.63) is 12.7 Å². The predicted octanol–water partition coefficient (Wildman–Crippen LogP) is -0.532. The van der Waals surface area contributed by atoms with Gasteiger partial charge < -0.3 is 0 Å². The Hall–Kier alpha value is -0.193. The van der Waals surface area contributed by atoms with Crippen LogP contribution in [-0.2, 0) is 0 Å². The Balaban J connectivity index is 3.05. The van der Waals surface area contributed by atoms with E-state index in [4.69, 9.17) is 0 Å². The molecule has 0 atom stereocenters. The van der Waals surface area contributed by atoms with Gasteiger partial charge in [0.05, 0.1) is 0 Å². The molecule has 3 heteroatoms. The average molecular weight is 75.0 g/mol. The Morgan fingerprint density at radius 1 is 1.83 bits per heavy atom. The number of rotatable bonds is 0. The van der Waals surface area contributed by atoms with Crippen molar-refractivity contribution in [2.45, 2.75) is 0 Å². The Morgan fingerprint density at radius 2 is 2.67 bits per heavy atom. The molecular formula is C3H2LiNO. The van der Waals surface area contributed by atoms with Gasteiger partial charge in [-0.25, -0.2) is 0 Å². The van der Waals surface area contributed by atoms with Crippen molar-refractivity contribution in [2.75, 3.05) is 0 Å². The van der Waals surface area contributed by atoms with Crippen molar-refractivity contribution in [3.63, 3.8) is 0 Å². The summed E-state index contributed by atoms with van der Waals surface area (Å²) in [5, 5.41) is 0. The predicted molar refractivity (Wildman–Crippen MR) is 21.9 cm³/mol. The minimum atomic E-state index is 0.926. The standard InChI is InChI=1S/C3H2NO.Li/c1-2-5-3-4-1;/h2-3H;. The molecule has 0 amide bonds. The quantitative estimate of drug-likeness (QED) is 0.387. The summed E-state index contributed by atoms with van der Waals surface area (Å²) in [6.07, 6.45) is 3.01. The molecule has 0 N–H and O–H groups in total. The number of hydrogen-bond acceptors (Lipinski definition) is 2. The van der Waals surface area contributed by atoms with E-state index >= 15 is 0 Å². The summed E-state index contributed by atoms with van der Waals surface area (Å²) >= 11 is 1.88.